The van der Waals surface area contributed by atoms with Crippen LogP contribution in [0.15, 0.2) is 37.1 Å². The van der Waals surface area contributed by atoms with Gasteiger partial charge in [0.1, 0.15) is 12.1 Å². The lowest BCUT2D eigenvalue weighted by molar-refractivity contribution is -0.150. The Morgan fingerprint density at radius 2 is 1.84 bits per heavy atom. The summed E-state index contributed by atoms with van der Waals surface area (Å²) < 4.78 is 13.8. The zero-order valence-corrected chi connectivity index (χ0v) is 14.5. The number of rotatable bonds is 8. The first-order valence-corrected chi connectivity index (χ1v) is 8.42. The van der Waals surface area contributed by atoms with Crippen molar-refractivity contribution in [1.82, 2.24) is 14.7 Å². The monoisotopic (exact) mass is 349 g/mol. The topological polar surface area (TPSA) is 60.9 Å². The van der Waals surface area contributed by atoms with Crippen molar-refractivity contribution in [3.05, 3.63) is 37.1 Å². The number of fused-ring (bicyclic) bond motifs is 1. The number of nitrogens with zero attached hydrogens (tertiary/aromatic N) is 3. The maximum atomic E-state index is 13.8. The lowest BCUT2D eigenvalue weighted by Crippen LogP contribution is -2.69. The number of ketones is 1. The molecule has 0 spiro atoms. The number of hydrogen-bond acceptors (Lipinski definition) is 4. The molecule has 2 atom stereocenters. The third kappa shape index (κ3) is 3.36. The molecule has 0 aromatic heterocycles. The predicted molar refractivity (Wildman–Crippen MR) is 91.9 cm³/mol. The average Bonchev–Trinajstić information content (AvgIpc) is 2.59. The quantitative estimate of drug-likeness (QED) is 0.384. The zero-order chi connectivity index (χ0) is 18.6. The molecule has 1 fully saturated rings. The van der Waals surface area contributed by atoms with Crippen molar-refractivity contribution in [1.29, 1.82) is 0 Å². The van der Waals surface area contributed by atoms with Gasteiger partial charge in [0.25, 0.3) is 0 Å². The van der Waals surface area contributed by atoms with Gasteiger partial charge in [-0.25, -0.2) is 9.18 Å². The Morgan fingerprint density at radius 1 is 1.16 bits per heavy atom. The summed E-state index contributed by atoms with van der Waals surface area (Å²) in [5, 5.41) is 0. The van der Waals surface area contributed by atoms with E-state index in [1.807, 2.05) is 6.92 Å². The Bertz CT molecular complexity index is 617. The fourth-order valence-electron chi connectivity index (χ4n) is 3.30. The zero-order valence-electron chi connectivity index (χ0n) is 14.5. The van der Waals surface area contributed by atoms with Gasteiger partial charge < -0.3 is 4.90 Å². The molecule has 0 saturated carbocycles. The molecule has 0 aliphatic carbocycles. The fourth-order valence-corrected chi connectivity index (χ4v) is 3.30. The predicted octanol–water partition coefficient (Wildman–Crippen LogP) is 2.45. The molecule has 3 amide bonds. The molecule has 0 aromatic carbocycles. The third-order valence-electron chi connectivity index (χ3n) is 4.48. The van der Waals surface area contributed by atoms with Crippen molar-refractivity contribution >= 4 is 17.7 Å². The van der Waals surface area contributed by atoms with Gasteiger partial charge in [-0.15, -0.1) is 13.2 Å². The van der Waals surface area contributed by atoms with Gasteiger partial charge in [-0.3, -0.25) is 19.4 Å². The highest BCUT2D eigenvalue weighted by Gasteiger charge is 2.53. The second-order valence-corrected chi connectivity index (χ2v) is 6.08. The maximum absolute atomic E-state index is 13.8. The Morgan fingerprint density at radius 3 is 2.40 bits per heavy atom. The van der Waals surface area contributed by atoms with Crippen molar-refractivity contribution in [3.63, 3.8) is 0 Å². The van der Waals surface area contributed by atoms with Gasteiger partial charge in [0, 0.05) is 24.9 Å². The van der Waals surface area contributed by atoms with E-state index in [-0.39, 0.29) is 18.9 Å². The molecule has 0 aromatic rings. The van der Waals surface area contributed by atoms with Crippen LogP contribution in [0.5, 0.6) is 0 Å². The van der Waals surface area contributed by atoms with Crippen molar-refractivity contribution in [2.45, 2.75) is 32.4 Å². The minimum atomic E-state index is -1.13. The van der Waals surface area contributed by atoms with E-state index in [4.69, 9.17) is 0 Å². The number of carbonyl (C=O) groups excluding carboxylic acids is 3. The number of carbonyl (C=O) groups is 3. The van der Waals surface area contributed by atoms with Gasteiger partial charge in [-0.2, -0.15) is 0 Å². The van der Waals surface area contributed by atoms with Crippen LogP contribution in [0.2, 0.25) is 0 Å². The van der Waals surface area contributed by atoms with Crippen molar-refractivity contribution in [2.75, 3.05) is 19.9 Å². The van der Waals surface area contributed by atoms with Crippen molar-refractivity contribution < 1.29 is 18.8 Å². The van der Waals surface area contributed by atoms with E-state index < -0.39 is 30.8 Å². The standard InChI is InChI=1S/C18H24FN3O3/c1-4-7-8-13-11-14(23)15-16(22(13)12-19)20(9-5-2)18(25)21(10-6-3)17(15)24/h5-6,11,15-16H,2-4,7-10,12H2,1H3. The van der Waals surface area contributed by atoms with Crippen LogP contribution in [0.1, 0.15) is 26.2 Å². The molecule has 2 aliphatic heterocycles. The summed E-state index contributed by atoms with van der Waals surface area (Å²) >= 11 is 0. The van der Waals surface area contributed by atoms with Crippen LogP contribution in [0.4, 0.5) is 9.18 Å². The maximum Gasteiger partial charge on any atom is 0.328 e. The summed E-state index contributed by atoms with van der Waals surface area (Å²) in [6, 6.07) is -0.561. The molecule has 2 unspecified atom stereocenters. The highest BCUT2D eigenvalue weighted by molar-refractivity contribution is 6.13. The van der Waals surface area contributed by atoms with Gasteiger partial charge in [-0.05, 0) is 12.8 Å². The number of halogens is 1. The number of amides is 3. The van der Waals surface area contributed by atoms with Crippen LogP contribution in [0, 0.1) is 5.92 Å². The van der Waals surface area contributed by atoms with E-state index in [0.29, 0.717) is 12.1 Å². The minimum absolute atomic E-state index is 0.00381. The Hall–Kier alpha value is -2.44. The molecule has 25 heavy (non-hydrogen) atoms. The molecule has 7 heteroatoms. The molecule has 2 rings (SSSR count). The highest BCUT2D eigenvalue weighted by Crippen LogP contribution is 2.34. The third-order valence-corrected chi connectivity index (χ3v) is 4.48. The fraction of sp³-hybridized carbons (Fsp3) is 0.500. The number of alkyl halides is 1. The van der Waals surface area contributed by atoms with E-state index in [9.17, 15) is 18.8 Å². The molecule has 6 nitrogen and oxygen atoms in total. The number of allylic oxidation sites excluding steroid dienone is 2. The summed E-state index contributed by atoms with van der Waals surface area (Å²) in [6.45, 7) is 8.41. The van der Waals surface area contributed by atoms with Gasteiger partial charge >= 0.3 is 6.03 Å². The van der Waals surface area contributed by atoms with Gasteiger partial charge in [0.2, 0.25) is 5.91 Å². The lowest BCUT2D eigenvalue weighted by atomic mass is 9.89. The molecule has 136 valence electrons. The summed E-state index contributed by atoms with van der Waals surface area (Å²) in [7, 11) is 0. The van der Waals surface area contributed by atoms with Crippen molar-refractivity contribution in [3.8, 4) is 0 Å². The Labute approximate surface area is 147 Å². The van der Waals surface area contributed by atoms with E-state index in [2.05, 4.69) is 13.2 Å². The SMILES string of the molecule is C=CCN1C(=O)C2C(=O)C=C(CCCC)N(CF)C2N(CC=C)C1=O. The van der Waals surface area contributed by atoms with E-state index >= 15 is 0 Å². The van der Waals surface area contributed by atoms with Crippen LogP contribution in [0.25, 0.3) is 0 Å². The molecular weight excluding hydrogens is 325 g/mol. The van der Waals surface area contributed by atoms with E-state index in [0.717, 1.165) is 17.7 Å². The highest BCUT2D eigenvalue weighted by atomic mass is 19.1. The Kier molecular flexibility index (Phi) is 6.12. The van der Waals surface area contributed by atoms with Crippen LogP contribution in [-0.4, -0.2) is 58.5 Å². The second kappa shape index (κ2) is 8.09. The molecule has 0 bridgehead atoms. The van der Waals surface area contributed by atoms with Gasteiger partial charge in [0.05, 0.1) is 0 Å². The number of urea groups is 1. The van der Waals surface area contributed by atoms with Gasteiger partial charge in [0.15, 0.2) is 12.6 Å². The molecule has 0 radical (unpaired) electrons. The van der Waals surface area contributed by atoms with Crippen LogP contribution >= 0.6 is 0 Å². The lowest BCUT2D eigenvalue weighted by Gasteiger charge is -2.50. The second-order valence-electron chi connectivity index (χ2n) is 6.08. The van der Waals surface area contributed by atoms with Gasteiger partial charge in [-0.1, -0.05) is 25.5 Å². The first-order chi connectivity index (χ1) is 12.0. The normalized spacial score (nSPS) is 23.5. The number of hydrogen-bond donors (Lipinski definition) is 0. The molecular formula is C18H24FN3O3. The summed E-state index contributed by atoms with van der Waals surface area (Å²) in [5.41, 5.74) is 0.530. The van der Waals surface area contributed by atoms with Crippen LogP contribution < -0.4 is 0 Å². The van der Waals surface area contributed by atoms with Crippen LogP contribution in [-0.2, 0) is 9.59 Å². The largest absolute Gasteiger partial charge is 0.328 e. The van der Waals surface area contributed by atoms with Crippen LogP contribution in [0.3, 0.4) is 0 Å². The average molecular weight is 349 g/mol. The van der Waals surface area contributed by atoms with Crippen molar-refractivity contribution in [2.24, 2.45) is 5.92 Å². The molecule has 1 saturated heterocycles. The van der Waals surface area contributed by atoms with E-state index in [1.165, 1.54) is 28.0 Å². The summed E-state index contributed by atoms with van der Waals surface area (Å²) in [6.07, 6.45) is 5.53. The minimum Gasteiger partial charge on any atom is -0.326 e. The number of imide groups is 1. The first kappa shape index (κ1) is 18.9. The summed E-state index contributed by atoms with van der Waals surface area (Å²) in [4.78, 5) is 41.7. The first-order valence-electron chi connectivity index (χ1n) is 8.42. The van der Waals surface area contributed by atoms with E-state index in [1.54, 1.807) is 0 Å². The number of unbranched alkanes of at least 4 members (excludes halogenated alkanes) is 1. The summed E-state index contributed by atoms with van der Waals surface area (Å²) in [5.74, 6) is -2.12. The molecule has 2 heterocycles. The Balaban J connectivity index is 2.49. The molecule has 2 aliphatic rings. The smallest absolute Gasteiger partial charge is 0.326 e. The molecule has 0 N–H and O–H groups in total.